The predicted molar refractivity (Wildman–Crippen MR) is 124 cm³/mol. The maximum Gasteiger partial charge on any atom is 0.259 e. The van der Waals surface area contributed by atoms with Crippen LogP contribution in [-0.4, -0.2) is 18.4 Å². The predicted octanol–water partition coefficient (Wildman–Crippen LogP) is 6.22. The normalized spacial score (nSPS) is 13.5. The second kappa shape index (κ2) is 9.21. The molecule has 0 aliphatic carbocycles. The summed E-state index contributed by atoms with van der Waals surface area (Å²) in [6.45, 7) is 0.676. The van der Waals surface area contributed by atoms with Gasteiger partial charge in [-0.15, -0.1) is 11.3 Å². The minimum absolute atomic E-state index is 0.115. The molecule has 154 valence electrons. The molecule has 0 atom stereocenters. The lowest BCUT2D eigenvalue weighted by molar-refractivity contribution is -0.115. The van der Waals surface area contributed by atoms with E-state index in [0.29, 0.717) is 27.8 Å². The molecule has 0 saturated heterocycles. The molecule has 0 fully saturated rings. The minimum atomic E-state index is -0.200. The molecule has 0 bridgehead atoms. The number of thiophene rings is 1. The highest BCUT2D eigenvalue weighted by Gasteiger charge is 2.25. The van der Waals surface area contributed by atoms with Gasteiger partial charge in [-0.3, -0.25) is 9.59 Å². The summed E-state index contributed by atoms with van der Waals surface area (Å²) in [6, 6.07) is 14.2. The van der Waals surface area contributed by atoms with Crippen LogP contribution in [0.2, 0.25) is 10.0 Å². The third-order valence-corrected chi connectivity index (χ3v) is 6.74. The van der Waals surface area contributed by atoms with Gasteiger partial charge in [0.2, 0.25) is 5.91 Å². The minimum Gasteiger partial charge on any atom is -0.326 e. The zero-order chi connectivity index (χ0) is 21.1. The number of halogens is 2. The number of amides is 2. The van der Waals surface area contributed by atoms with Crippen molar-refractivity contribution in [3.05, 3.63) is 80.0 Å². The number of nitrogens with one attached hydrogen (secondary N) is 1. The summed E-state index contributed by atoms with van der Waals surface area (Å²) >= 11 is 14.2. The van der Waals surface area contributed by atoms with E-state index in [1.54, 1.807) is 35.6 Å². The van der Waals surface area contributed by atoms with Gasteiger partial charge in [-0.05, 0) is 60.5 Å². The van der Waals surface area contributed by atoms with Gasteiger partial charge < -0.3 is 10.2 Å². The number of rotatable bonds is 4. The maximum atomic E-state index is 13.2. The van der Waals surface area contributed by atoms with Crippen LogP contribution in [0.25, 0.3) is 0 Å². The van der Waals surface area contributed by atoms with Crippen molar-refractivity contribution in [1.82, 2.24) is 0 Å². The van der Waals surface area contributed by atoms with Crippen LogP contribution in [0.3, 0.4) is 0 Å². The van der Waals surface area contributed by atoms with Crippen LogP contribution in [0, 0.1) is 0 Å². The van der Waals surface area contributed by atoms with Crippen molar-refractivity contribution < 1.29 is 9.59 Å². The van der Waals surface area contributed by atoms with Crippen molar-refractivity contribution in [3.63, 3.8) is 0 Å². The standard InChI is InChI=1S/C23H20Cl2N2O2S/c24-18-6-2-1-5-15(18)13-22(28)26-16-8-9-17(19(25)14-16)23(29)27-11-4-3-7-21-20(27)10-12-30-21/h1-2,5-6,8-10,12,14H,3-4,7,11,13H2,(H,26,28). The number of fused-ring (bicyclic) bond motifs is 1. The number of carbonyl (C=O) groups excluding carboxylic acids is 2. The molecule has 4 nitrogen and oxygen atoms in total. The summed E-state index contributed by atoms with van der Waals surface area (Å²) in [4.78, 5) is 28.6. The molecule has 1 aromatic heterocycles. The average Bonchev–Trinajstić information content (AvgIpc) is 3.08. The van der Waals surface area contributed by atoms with Gasteiger partial charge in [0.25, 0.3) is 5.91 Å². The van der Waals surface area contributed by atoms with E-state index in [-0.39, 0.29) is 18.2 Å². The first-order valence-corrected chi connectivity index (χ1v) is 11.4. The molecular formula is C23H20Cl2N2O2S. The van der Waals surface area contributed by atoms with Crippen molar-refractivity contribution in [2.75, 3.05) is 16.8 Å². The van der Waals surface area contributed by atoms with Gasteiger partial charge >= 0.3 is 0 Å². The Morgan fingerprint density at radius 1 is 1.03 bits per heavy atom. The quantitative estimate of drug-likeness (QED) is 0.504. The van der Waals surface area contributed by atoms with Gasteiger partial charge in [-0.25, -0.2) is 0 Å². The maximum absolute atomic E-state index is 13.2. The van der Waals surface area contributed by atoms with Crippen LogP contribution in [0.4, 0.5) is 11.4 Å². The average molecular weight is 459 g/mol. The fourth-order valence-corrected chi connectivity index (χ4v) is 4.97. The Labute approximate surface area is 189 Å². The van der Waals surface area contributed by atoms with Crippen molar-refractivity contribution in [3.8, 4) is 0 Å². The van der Waals surface area contributed by atoms with Gasteiger partial charge in [0.15, 0.2) is 0 Å². The molecule has 1 N–H and O–H groups in total. The van der Waals surface area contributed by atoms with Crippen LogP contribution in [0.1, 0.15) is 33.6 Å². The first-order valence-electron chi connectivity index (χ1n) is 9.74. The second-order valence-electron chi connectivity index (χ2n) is 7.15. The molecule has 0 radical (unpaired) electrons. The summed E-state index contributed by atoms with van der Waals surface area (Å²) in [5.41, 5.74) is 2.71. The van der Waals surface area contributed by atoms with Crippen LogP contribution in [0.5, 0.6) is 0 Å². The Morgan fingerprint density at radius 3 is 2.67 bits per heavy atom. The number of anilines is 2. The summed E-state index contributed by atoms with van der Waals surface area (Å²) in [5, 5.41) is 5.71. The van der Waals surface area contributed by atoms with E-state index in [2.05, 4.69) is 5.32 Å². The molecule has 1 aliphatic rings. The van der Waals surface area contributed by atoms with Gasteiger partial charge in [0.05, 0.1) is 22.7 Å². The number of benzene rings is 2. The van der Waals surface area contributed by atoms with Gasteiger partial charge in [0, 0.05) is 22.1 Å². The van der Waals surface area contributed by atoms with E-state index < -0.39 is 0 Å². The van der Waals surface area contributed by atoms with Crippen molar-refractivity contribution in [1.29, 1.82) is 0 Å². The van der Waals surface area contributed by atoms with Crippen molar-refractivity contribution in [2.24, 2.45) is 0 Å². The lowest BCUT2D eigenvalue weighted by Gasteiger charge is -2.22. The molecule has 3 aromatic rings. The van der Waals surface area contributed by atoms with Crippen LogP contribution < -0.4 is 10.2 Å². The Hall–Kier alpha value is -2.34. The molecule has 7 heteroatoms. The third-order valence-electron chi connectivity index (χ3n) is 5.09. The highest BCUT2D eigenvalue weighted by atomic mass is 35.5. The third kappa shape index (κ3) is 4.53. The van der Waals surface area contributed by atoms with E-state index in [4.69, 9.17) is 23.2 Å². The lowest BCUT2D eigenvalue weighted by Crippen LogP contribution is -2.31. The Balaban J connectivity index is 1.49. The largest absolute Gasteiger partial charge is 0.326 e. The van der Waals surface area contributed by atoms with E-state index in [9.17, 15) is 9.59 Å². The van der Waals surface area contributed by atoms with Gasteiger partial charge in [0.1, 0.15) is 0 Å². The summed E-state index contributed by atoms with van der Waals surface area (Å²) in [7, 11) is 0. The zero-order valence-electron chi connectivity index (χ0n) is 16.2. The smallest absolute Gasteiger partial charge is 0.259 e. The number of aryl methyl sites for hydroxylation is 1. The van der Waals surface area contributed by atoms with Gasteiger partial charge in [-0.2, -0.15) is 0 Å². The summed E-state index contributed by atoms with van der Waals surface area (Å²) in [5.74, 6) is -0.316. The highest BCUT2D eigenvalue weighted by molar-refractivity contribution is 7.10. The van der Waals surface area contributed by atoms with Crippen LogP contribution in [0.15, 0.2) is 53.9 Å². The molecule has 2 aromatic carbocycles. The Morgan fingerprint density at radius 2 is 1.87 bits per heavy atom. The molecular weight excluding hydrogens is 439 g/mol. The van der Waals surface area contributed by atoms with E-state index >= 15 is 0 Å². The zero-order valence-corrected chi connectivity index (χ0v) is 18.5. The molecule has 2 amide bonds. The first-order chi connectivity index (χ1) is 14.5. The monoisotopic (exact) mass is 458 g/mol. The fourth-order valence-electron chi connectivity index (χ4n) is 3.58. The SMILES string of the molecule is O=C(Cc1ccccc1Cl)Nc1ccc(C(=O)N2CCCCc3sccc32)c(Cl)c1. The van der Waals surface area contributed by atoms with Crippen LogP contribution >= 0.6 is 34.5 Å². The Kier molecular flexibility index (Phi) is 6.42. The molecule has 0 unspecified atom stereocenters. The molecule has 30 heavy (non-hydrogen) atoms. The Bertz CT molecular complexity index is 1100. The molecule has 0 saturated carbocycles. The molecule has 0 spiro atoms. The topological polar surface area (TPSA) is 49.4 Å². The summed E-state index contributed by atoms with van der Waals surface area (Å²) in [6.07, 6.45) is 3.19. The lowest BCUT2D eigenvalue weighted by atomic mass is 10.1. The summed E-state index contributed by atoms with van der Waals surface area (Å²) < 4.78 is 0. The van der Waals surface area contributed by atoms with E-state index in [0.717, 1.165) is 30.5 Å². The van der Waals surface area contributed by atoms with Crippen LogP contribution in [-0.2, 0) is 17.6 Å². The van der Waals surface area contributed by atoms with Crippen molar-refractivity contribution >= 4 is 57.7 Å². The highest BCUT2D eigenvalue weighted by Crippen LogP contribution is 2.33. The first kappa shape index (κ1) is 20.9. The number of nitrogens with zero attached hydrogens (tertiary/aromatic N) is 1. The molecule has 2 heterocycles. The van der Waals surface area contributed by atoms with Crippen molar-refractivity contribution in [2.45, 2.75) is 25.7 Å². The van der Waals surface area contributed by atoms with Gasteiger partial charge in [-0.1, -0.05) is 41.4 Å². The van der Waals surface area contributed by atoms with E-state index in [1.807, 2.05) is 34.5 Å². The fraction of sp³-hybridized carbons (Fsp3) is 0.217. The number of hydrogen-bond donors (Lipinski definition) is 1. The second-order valence-corrected chi connectivity index (χ2v) is 8.97. The molecule has 1 aliphatic heterocycles. The molecule has 4 rings (SSSR count). The number of hydrogen-bond acceptors (Lipinski definition) is 3. The number of carbonyl (C=O) groups is 2. The van der Waals surface area contributed by atoms with E-state index in [1.165, 1.54) is 4.88 Å².